The van der Waals surface area contributed by atoms with Crippen molar-refractivity contribution in [1.29, 1.82) is 0 Å². The zero-order valence-electron chi connectivity index (χ0n) is 14.2. The number of aryl methyl sites for hydroxylation is 1. The van der Waals surface area contributed by atoms with Gasteiger partial charge in [-0.1, -0.05) is 30.3 Å². The van der Waals surface area contributed by atoms with Crippen LogP contribution in [0.3, 0.4) is 0 Å². The number of rotatable bonds is 3. The third kappa shape index (κ3) is 2.83. The van der Waals surface area contributed by atoms with Crippen LogP contribution in [0.1, 0.15) is 22.3 Å². The highest BCUT2D eigenvalue weighted by molar-refractivity contribution is 8.01. The van der Waals surface area contributed by atoms with Crippen LogP contribution < -0.4 is 5.32 Å². The minimum Gasteiger partial charge on any atom is -0.480 e. The van der Waals surface area contributed by atoms with Gasteiger partial charge in [0, 0.05) is 29.2 Å². The number of hydrogen-bond acceptors (Lipinski definition) is 3. The Labute approximate surface area is 150 Å². The molecule has 1 aliphatic heterocycles. The fourth-order valence-corrected chi connectivity index (χ4v) is 4.78. The minimum absolute atomic E-state index is 0.0292. The standard InChI is InChI=1S/C20H20N2O2S/c1-12-9-17(19-21-11-18(25-19)20(23)24)13(2)22(12)16-8-7-14-5-3-4-6-15(14)10-16/h3-10,18-19,21H,11H2,1-2H3,(H,23,24)/t18-,19+/m1/s1. The van der Waals surface area contributed by atoms with Crippen LogP contribution in [0.2, 0.25) is 0 Å². The molecule has 0 aliphatic carbocycles. The number of carbonyl (C=O) groups is 1. The fraction of sp³-hybridized carbons (Fsp3) is 0.250. The van der Waals surface area contributed by atoms with Crippen LogP contribution >= 0.6 is 11.8 Å². The summed E-state index contributed by atoms with van der Waals surface area (Å²) in [5.41, 5.74) is 4.62. The van der Waals surface area contributed by atoms with E-state index >= 15 is 0 Å². The van der Waals surface area contributed by atoms with Gasteiger partial charge in [-0.2, -0.15) is 0 Å². The Balaban J connectivity index is 1.73. The topological polar surface area (TPSA) is 54.3 Å². The van der Waals surface area contributed by atoms with Crippen molar-refractivity contribution in [3.63, 3.8) is 0 Å². The monoisotopic (exact) mass is 352 g/mol. The smallest absolute Gasteiger partial charge is 0.318 e. The molecule has 0 amide bonds. The zero-order chi connectivity index (χ0) is 17.6. The van der Waals surface area contributed by atoms with Gasteiger partial charge in [-0.15, -0.1) is 11.8 Å². The summed E-state index contributed by atoms with van der Waals surface area (Å²) >= 11 is 1.48. The Morgan fingerprint density at radius 2 is 1.92 bits per heavy atom. The second-order valence-electron chi connectivity index (χ2n) is 6.44. The van der Waals surface area contributed by atoms with Crippen LogP contribution in [0.15, 0.2) is 48.5 Å². The molecule has 1 aliphatic rings. The van der Waals surface area contributed by atoms with Gasteiger partial charge in [0.05, 0.1) is 5.37 Å². The van der Waals surface area contributed by atoms with Crippen molar-refractivity contribution in [2.24, 2.45) is 0 Å². The summed E-state index contributed by atoms with van der Waals surface area (Å²) in [4.78, 5) is 11.2. The van der Waals surface area contributed by atoms with Gasteiger partial charge in [0.15, 0.2) is 0 Å². The molecule has 0 saturated carbocycles. The Morgan fingerprint density at radius 3 is 2.64 bits per heavy atom. The van der Waals surface area contributed by atoms with Gasteiger partial charge < -0.3 is 9.67 Å². The number of nitrogens with one attached hydrogen (secondary N) is 1. The highest BCUT2D eigenvalue weighted by Gasteiger charge is 2.32. The molecule has 0 unspecified atom stereocenters. The van der Waals surface area contributed by atoms with Crippen LogP contribution in [0.5, 0.6) is 0 Å². The van der Waals surface area contributed by atoms with Crippen molar-refractivity contribution in [2.75, 3.05) is 6.54 Å². The molecule has 25 heavy (non-hydrogen) atoms. The molecule has 0 radical (unpaired) electrons. The van der Waals surface area contributed by atoms with E-state index in [1.54, 1.807) is 0 Å². The number of fused-ring (bicyclic) bond motifs is 1. The van der Waals surface area contributed by atoms with Crippen LogP contribution in [-0.2, 0) is 4.79 Å². The number of thioether (sulfide) groups is 1. The van der Waals surface area contributed by atoms with Gasteiger partial charge in [0.25, 0.3) is 0 Å². The van der Waals surface area contributed by atoms with Crippen LogP contribution in [-0.4, -0.2) is 27.4 Å². The molecule has 1 fully saturated rings. The minimum atomic E-state index is -0.747. The number of carboxylic acids is 1. The molecule has 1 saturated heterocycles. The molecule has 2 atom stereocenters. The van der Waals surface area contributed by atoms with Gasteiger partial charge >= 0.3 is 5.97 Å². The number of aliphatic carboxylic acids is 1. The van der Waals surface area contributed by atoms with E-state index in [0.717, 1.165) is 17.1 Å². The largest absolute Gasteiger partial charge is 0.480 e. The lowest BCUT2D eigenvalue weighted by Crippen LogP contribution is -2.21. The summed E-state index contributed by atoms with van der Waals surface area (Å²) in [7, 11) is 0. The highest BCUT2D eigenvalue weighted by Crippen LogP contribution is 2.38. The van der Waals surface area contributed by atoms with Gasteiger partial charge in [-0.05, 0) is 42.8 Å². The zero-order valence-corrected chi connectivity index (χ0v) is 15.0. The summed E-state index contributed by atoms with van der Waals surface area (Å²) in [5, 5.41) is 14.6. The van der Waals surface area contributed by atoms with E-state index in [-0.39, 0.29) is 10.6 Å². The van der Waals surface area contributed by atoms with E-state index < -0.39 is 5.97 Å². The number of carboxylic acid groups (broad SMARTS) is 1. The lowest BCUT2D eigenvalue weighted by atomic mass is 10.1. The quantitative estimate of drug-likeness (QED) is 0.747. The van der Waals surface area contributed by atoms with E-state index in [2.05, 4.69) is 66.2 Å². The Hall–Kier alpha value is -2.24. The van der Waals surface area contributed by atoms with Crippen molar-refractivity contribution in [2.45, 2.75) is 24.5 Å². The van der Waals surface area contributed by atoms with Crippen molar-refractivity contribution in [1.82, 2.24) is 9.88 Å². The van der Waals surface area contributed by atoms with E-state index in [9.17, 15) is 9.90 Å². The van der Waals surface area contributed by atoms with Crippen LogP contribution in [0, 0.1) is 13.8 Å². The molecule has 5 heteroatoms. The van der Waals surface area contributed by atoms with E-state index in [1.807, 2.05) is 6.07 Å². The molecule has 2 heterocycles. The number of hydrogen-bond donors (Lipinski definition) is 2. The van der Waals surface area contributed by atoms with E-state index in [1.165, 1.54) is 28.1 Å². The summed E-state index contributed by atoms with van der Waals surface area (Å²) < 4.78 is 2.25. The van der Waals surface area contributed by atoms with Gasteiger partial charge in [0.1, 0.15) is 5.25 Å². The average Bonchev–Trinajstić information content (AvgIpc) is 3.19. The summed E-state index contributed by atoms with van der Waals surface area (Å²) in [5.74, 6) is -0.747. The molecular weight excluding hydrogens is 332 g/mol. The Morgan fingerprint density at radius 1 is 1.16 bits per heavy atom. The number of benzene rings is 2. The maximum Gasteiger partial charge on any atom is 0.318 e. The first-order valence-electron chi connectivity index (χ1n) is 8.34. The first-order chi connectivity index (χ1) is 12.0. The van der Waals surface area contributed by atoms with Gasteiger partial charge in [0.2, 0.25) is 0 Å². The molecule has 1 aromatic heterocycles. The molecule has 128 valence electrons. The first-order valence-corrected chi connectivity index (χ1v) is 9.28. The predicted molar refractivity (Wildman–Crippen MR) is 103 cm³/mol. The Bertz CT molecular complexity index is 963. The first kappa shape index (κ1) is 16.2. The van der Waals surface area contributed by atoms with Crippen molar-refractivity contribution < 1.29 is 9.90 Å². The third-order valence-electron chi connectivity index (χ3n) is 4.81. The fourth-order valence-electron chi connectivity index (χ4n) is 3.57. The van der Waals surface area contributed by atoms with Crippen molar-refractivity contribution in [3.05, 3.63) is 65.5 Å². The molecule has 2 aromatic carbocycles. The highest BCUT2D eigenvalue weighted by atomic mass is 32.2. The van der Waals surface area contributed by atoms with E-state index in [4.69, 9.17) is 0 Å². The van der Waals surface area contributed by atoms with E-state index in [0.29, 0.717) is 6.54 Å². The van der Waals surface area contributed by atoms with Gasteiger partial charge in [-0.25, -0.2) is 0 Å². The van der Waals surface area contributed by atoms with Crippen molar-refractivity contribution >= 4 is 28.5 Å². The molecule has 3 aromatic rings. The second kappa shape index (κ2) is 6.24. The predicted octanol–water partition coefficient (Wildman–Crippen LogP) is 4.04. The second-order valence-corrected chi connectivity index (χ2v) is 7.76. The van der Waals surface area contributed by atoms with Crippen molar-refractivity contribution in [3.8, 4) is 5.69 Å². The Kier molecular flexibility index (Phi) is 4.06. The molecule has 4 rings (SSSR count). The molecule has 0 bridgehead atoms. The maximum atomic E-state index is 11.2. The third-order valence-corrected chi connectivity index (χ3v) is 6.20. The van der Waals surface area contributed by atoms with Gasteiger partial charge in [-0.3, -0.25) is 10.1 Å². The normalized spacial score (nSPS) is 20.2. The molecule has 4 nitrogen and oxygen atoms in total. The summed E-state index contributed by atoms with van der Waals surface area (Å²) in [6, 6.07) is 17.0. The summed E-state index contributed by atoms with van der Waals surface area (Å²) in [6.07, 6.45) is 0. The number of aromatic nitrogens is 1. The summed E-state index contributed by atoms with van der Waals surface area (Å²) in [6.45, 7) is 4.71. The molecule has 2 N–H and O–H groups in total. The molecule has 0 spiro atoms. The van der Waals surface area contributed by atoms with Crippen LogP contribution in [0.4, 0.5) is 0 Å². The average molecular weight is 352 g/mol. The SMILES string of the molecule is Cc1cc([C@H]2NC[C@H](C(=O)O)S2)c(C)n1-c1ccc2ccccc2c1. The maximum absolute atomic E-state index is 11.2. The number of nitrogens with zero attached hydrogens (tertiary/aromatic N) is 1. The molecular formula is C20H20N2O2S. The lowest BCUT2D eigenvalue weighted by Gasteiger charge is -2.13. The van der Waals surface area contributed by atoms with Crippen LogP contribution in [0.25, 0.3) is 16.5 Å². The lowest BCUT2D eigenvalue weighted by molar-refractivity contribution is -0.136.